The predicted molar refractivity (Wildman–Crippen MR) is 95.9 cm³/mol. The molecule has 4 atom stereocenters. The maximum Gasteiger partial charge on any atom is 0.449 e. The smallest absolute Gasteiger partial charge is 0.445 e. The molecule has 0 aromatic rings. The quantitative estimate of drug-likeness (QED) is 0.349. The number of alkyl halides is 10. The van der Waals surface area contributed by atoms with Crippen LogP contribution >= 0.6 is 0 Å². The first kappa shape index (κ1) is 28.9. The van der Waals surface area contributed by atoms with Gasteiger partial charge in [-0.2, -0.15) is 43.9 Å². The van der Waals surface area contributed by atoms with Crippen molar-refractivity contribution in [1.82, 2.24) is 0 Å². The third-order valence-electron chi connectivity index (χ3n) is 6.99. The number of ether oxygens (including phenoxy) is 2. The molecule has 2 rings (SSSR count). The van der Waals surface area contributed by atoms with Gasteiger partial charge in [-0.25, -0.2) is 0 Å². The Morgan fingerprint density at radius 3 is 1.85 bits per heavy atom. The minimum Gasteiger partial charge on any atom is -0.445 e. The van der Waals surface area contributed by atoms with Gasteiger partial charge in [0.25, 0.3) is 0 Å². The largest absolute Gasteiger partial charge is 0.449 e. The van der Waals surface area contributed by atoms with E-state index in [1.807, 2.05) is 0 Å². The number of rotatable bonds is 5. The number of hydrogen-bond donors (Lipinski definition) is 1. The van der Waals surface area contributed by atoms with Gasteiger partial charge in [0.1, 0.15) is 0 Å². The Bertz CT molecular complexity index is 761. The Kier molecular flexibility index (Phi) is 7.37. The Morgan fingerprint density at radius 2 is 1.47 bits per heavy atom. The summed E-state index contributed by atoms with van der Waals surface area (Å²) in [4.78, 5) is 12.3. The molecule has 200 valence electrons. The van der Waals surface area contributed by atoms with Crippen molar-refractivity contribution in [3.05, 3.63) is 0 Å². The van der Waals surface area contributed by atoms with Crippen LogP contribution in [0.5, 0.6) is 0 Å². The maximum absolute atomic E-state index is 16.0. The van der Waals surface area contributed by atoms with Crippen molar-refractivity contribution >= 4 is 5.97 Å². The van der Waals surface area contributed by atoms with Crippen molar-refractivity contribution in [2.24, 2.45) is 11.8 Å². The molecule has 0 radical (unpaired) electrons. The van der Waals surface area contributed by atoms with E-state index in [1.165, 1.54) is 6.92 Å². The van der Waals surface area contributed by atoms with Crippen molar-refractivity contribution < 1.29 is 63.3 Å². The molecule has 0 aromatic carbocycles. The molecule has 0 bridgehead atoms. The standard InChI is InChI=1S/C20H26F10O4/c1-4-11(3)13(31)33-14(5-2)16(21,22)15(19(25,26)27,12-9-7-6-8-10-12)34-18(32,17(14,23)24)20(28,29)30/h11-12,32H,4-10H2,1-3H3. The molecule has 1 saturated heterocycles. The highest BCUT2D eigenvalue weighted by Gasteiger charge is 2.97. The fourth-order valence-electron chi connectivity index (χ4n) is 4.77. The first-order chi connectivity index (χ1) is 15.2. The molecule has 34 heavy (non-hydrogen) atoms. The Balaban J connectivity index is 3.00. The molecule has 1 heterocycles. The van der Waals surface area contributed by atoms with Crippen molar-refractivity contribution in [2.45, 2.75) is 107 Å². The van der Waals surface area contributed by atoms with Gasteiger partial charge in [-0.3, -0.25) is 4.79 Å². The van der Waals surface area contributed by atoms with Crippen LogP contribution in [0.15, 0.2) is 0 Å². The second-order valence-electron chi connectivity index (χ2n) is 8.87. The monoisotopic (exact) mass is 520 g/mol. The van der Waals surface area contributed by atoms with E-state index in [2.05, 4.69) is 9.47 Å². The van der Waals surface area contributed by atoms with E-state index < -0.39 is 78.3 Å². The van der Waals surface area contributed by atoms with E-state index >= 15 is 17.6 Å². The van der Waals surface area contributed by atoms with E-state index in [0.29, 0.717) is 6.92 Å². The van der Waals surface area contributed by atoms with Gasteiger partial charge in [0.2, 0.25) is 11.2 Å². The number of esters is 1. The highest BCUT2D eigenvalue weighted by Crippen LogP contribution is 2.69. The molecule has 2 aliphatic rings. The van der Waals surface area contributed by atoms with Gasteiger partial charge >= 0.3 is 36.0 Å². The van der Waals surface area contributed by atoms with Crippen LogP contribution in [0.2, 0.25) is 0 Å². The van der Waals surface area contributed by atoms with Crippen LogP contribution in [0.3, 0.4) is 0 Å². The van der Waals surface area contributed by atoms with Gasteiger partial charge in [-0.1, -0.05) is 40.0 Å². The highest BCUT2D eigenvalue weighted by molar-refractivity contribution is 5.73. The normalized spacial score (nSPS) is 35.6. The first-order valence-electron chi connectivity index (χ1n) is 10.8. The van der Waals surface area contributed by atoms with Gasteiger partial charge in [0.05, 0.1) is 5.92 Å². The minimum atomic E-state index is -6.68. The van der Waals surface area contributed by atoms with E-state index in [-0.39, 0.29) is 25.7 Å². The number of aliphatic hydroxyl groups is 1. The molecule has 2 fully saturated rings. The summed E-state index contributed by atoms with van der Waals surface area (Å²) in [5.74, 6) is -23.9. The summed E-state index contributed by atoms with van der Waals surface area (Å²) in [5.41, 5.74) is -10.3. The summed E-state index contributed by atoms with van der Waals surface area (Å²) < 4.78 is 155. The van der Waals surface area contributed by atoms with Crippen molar-refractivity contribution in [3.63, 3.8) is 0 Å². The number of hydrogen-bond acceptors (Lipinski definition) is 4. The molecule has 1 N–H and O–H groups in total. The Hall–Kier alpha value is -1.31. The summed E-state index contributed by atoms with van der Waals surface area (Å²) >= 11 is 0. The van der Waals surface area contributed by atoms with Crippen LogP contribution in [-0.2, 0) is 14.3 Å². The highest BCUT2D eigenvalue weighted by atomic mass is 19.4. The molecule has 1 aliphatic heterocycles. The number of carbonyl (C=O) groups excluding carboxylic acids is 1. The average Bonchev–Trinajstić information content (AvgIpc) is 2.72. The van der Waals surface area contributed by atoms with Gasteiger partial charge in [0.15, 0.2) is 0 Å². The van der Waals surface area contributed by atoms with Crippen molar-refractivity contribution in [1.29, 1.82) is 0 Å². The molecule has 14 heteroatoms. The molecule has 1 aliphatic carbocycles. The zero-order valence-corrected chi connectivity index (χ0v) is 18.6. The summed E-state index contributed by atoms with van der Waals surface area (Å²) in [7, 11) is 0. The molecule has 0 aromatic heterocycles. The van der Waals surface area contributed by atoms with Gasteiger partial charge in [0, 0.05) is 5.92 Å². The van der Waals surface area contributed by atoms with Crippen molar-refractivity contribution in [3.8, 4) is 0 Å². The molecule has 4 nitrogen and oxygen atoms in total. The van der Waals surface area contributed by atoms with Crippen LogP contribution in [0.25, 0.3) is 0 Å². The summed E-state index contributed by atoms with van der Waals surface area (Å²) in [6.45, 7) is 2.73. The van der Waals surface area contributed by atoms with Crippen molar-refractivity contribution in [2.75, 3.05) is 0 Å². The molecule has 4 unspecified atom stereocenters. The lowest BCUT2D eigenvalue weighted by molar-refractivity contribution is -0.565. The molecule has 0 spiro atoms. The van der Waals surface area contributed by atoms with Crippen LogP contribution in [-0.4, -0.2) is 52.3 Å². The van der Waals surface area contributed by atoms with Crippen LogP contribution in [0.4, 0.5) is 43.9 Å². The van der Waals surface area contributed by atoms with E-state index in [0.717, 1.165) is 6.92 Å². The summed E-state index contributed by atoms with van der Waals surface area (Å²) in [6.07, 6.45) is -16.6. The van der Waals surface area contributed by atoms with Gasteiger partial charge < -0.3 is 14.6 Å². The lowest BCUT2D eigenvalue weighted by Gasteiger charge is -2.62. The van der Waals surface area contributed by atoms with Gasteiger partial charge in [-0.05, 0) is 25.7 Å². The van der Waals surface area contributed by atoms with Crippen LogP contribution < -0.4 is 0 Å². The minimum absolute atomic E-state index is 0.130. The summed E-state index contributed by atoms with van der Waals surface area (Å²) in [6, 6.07) is 0. The third-order valence-corrected chi connectivity index (χ3v) is 6.99. The average molecular weight is 520 g/mol. The number of halogens is 10. The lowest BCUT2D eigenvalue weighted by Crippen LogP contribution is -2.89. The fourth-order valence-corrected chi connectivity index (χ4v) is 4.77. The van der Waals surface area contributed by atoms with E-state index in [1.54, 1.807) is 0 Å². The molecular weight excluding hydrogens is 494 g/mol. The lowest BCUT2D eigenvalue weighted by atomic mass is 9.63. The Morgan fingerprint density at radius 1 is 0.971 bits per heavy atom. The SMILES string of the molecule is CCC(C)C(=O)OC1(CC)C(F)(F)C(O)(C(F)(F)F)OC(C2CCCCC2)(C(F)(F)F)C1(F)F. The second-order valence-corrected chi connectivity index (χ2v) is 8.87. The fraction of sp³-hybridized carbons (Fsp3) is 0.950. The zero-order valence-electron chi connectivity index (χ0n) is 18.6. The van der Waals surface area contributed by atoms with Crippen LogP contribution in [0.1, 0.15) is 65.7 Å². The predicted octanol–water partition coefficient (Wildman–Crippen LogP) is 6.16. The maximum atomic E-state index is 16.0. The Labute approximate surface area is 188 Å². The number of carbonyl (C=O) groups is 1. The van der Waals surface area contributed by atoms with Gasteiger partial charge in [-0.15, -0.1) is 0 Å². The zero-order chi connectivity index (χ0) is 26.6. The topological polar surface area (TPSA) is 55.8 Å². The molecule has 1 saturated carbocycles. The van der Waals surface area contributed by atoms with E-state index in [4.69, 9.17) is 0 Å². The second kappa shape index (κ2) is 8.67. The molecule has 0 amide bonds. The van der Waals surface area contributed by atoms with E-state index in [9.17, 15) is 36.2 Å². The third kappa shape index (κ3) is 3.60. The summed E-state index contributed by atoms with van der Waals surface area (Å²) in [5, 5.41) is 10.1. The van der Waals surface area contributed by atoms with Crippen LogP contribution in [0, 0.1) is 11.8 Å². The molecular formula is C20H26F10O4. The first-order valence-corrected chi connectivity index (χ1v) is 10.8.